The number of urea groups is 1. The number of fused-ring (bicyclic) bond motifs is 2. The van der Waals surface area contributed by atoms with E-state index in [2.05, 4.69) is 6.07 Å². The third-order valence-corrected chi connectivity index (χ3v) is 4.13. The second-order valence-electron chi connectivity index (χ2n) is 5.27. The van der Waals surface area contributed by atoms with Crippen molar-refractivity contribution in [1.29, 1.82) is 5.26 Å². The second kappa shape index (κ2) is 4.43. The number of hydrogen-bond acceptors (Lipinski definition) is 3. The van der Waals surface area contributed by atoms with Gasteiger partial charge in [-0.25, -0.2) is 9.69 Å². The standard InChI is InChI=1S/C17H11N3O2/c18-10-11-7-8-14(13-5-2-1-4-12(11)13)20-16(21)15-6-3-9-19(15)17(20)22/h1-8,15H,9H2. The van der Waals surface area contributed by atoms with Crippen LogP contribution >= 0.6 is 0 Å². The Kier molecular flexibility index (Phi) is 2.54. The molecule has 0 aliphatic carbocycles. The third-order valence-electron chi connectivity index (χ3n) is 4.13. The first kappa shape index (κ1) is 12.6. The van der Waals surface area contributed by atoms with Crippen LogP contribution in [0.5, 0.6) is 0 Å². The van der Waals surface area contributed by atoms with Crippen LogP contribution < -0.4 is 4.90 Å². The van der Waals surface area contributed by atoms with E-state index < -0.39 is 6.04 Å². The van der Waals surface area contributed by atoms with Gasteiger partial charge in [0.25, 0.3) is 5.91 Å². The molecule has 2 aliphatic rings. The fourth-order valence-electron chi connectivity index (χ4n) is 3.09. The first-order valence-electron chi connectivity index (χ1n) is 6.95. The monoisotopic (exact) mass is 289 g/mol. The molecular formula is C17H11N3O2. The van der Waals surface area contributed by atoms with Crippen molar-refractivity contribution in [2.24, 2.45) is 0 Å². The maximum absolute atomic E-state index is 12.5. The number of carbonyl (C=O) groups excluding carboxylic acids is 2. The Morgan fingerprint density at radius 2 is 1.86 bits per heavy atom. The molecule has 106 valence electrons. The van der Waals surface area contributed by atoms with Crippen LogP contribution in [0.4, 0.5) is 10.5 Å². The molecule has 0 saturated carbocycles. The van der Waals surface area contributed by atoms with Crippen molar-refractivity contribution in [2.45, 2.75) is 6.04 Å². The van der Waals surface area contributed by atoms with Gasteiger partial charge in [-0.1, -0.05) is 36.4 Å². The highest BCUT2D eigenvalue weighted by molar-refractivity contribution is 6.25. The van der Waals surface area contributed by atoms with E-state index >= 15 is 0 Å². The topological polar surface area (TPSA) is 64.4 Å². The van der Waals surface area contributed by atoms with E-state index in [1.165, 1.54) is 9.80 Å². The van der Waals surface area contributed by atoms with E-state index in [0.29, 0.717) is 17.8 Å². The third kappa shape index (κ3) is 1.52. The van der Waals surface area contributed by atoms with Crippen molar-refractivity contribution >= 4 is 28.4 Å². The fraction of sp³-hybridized carbons (Fsp3) is 0.118. The van der Waals surface area contributed by atoms with Gasteiger partial charge in [0.2, 0.25) is 0 Å². The van der Waals surface area contributed by atoms with E-state index in [1.54, 1.807) is 18.2 Å². The lowest BCUT2D eigenvalue weighted by Gasteiger charge is -2.17. The molecule has 2 aromatic rings. The number of imide groups is 1. The zero-order chi connectivity index (χ0) is 15.3. The average molecular weight is 289 g/mol. The zero-order valence-corrected chi connectivity index (χ0v) is 11.6. The molecule has 1 unspecified atom stereocenters. The average Bonchev–Trinajstić information content (AvgIpc) is 3.11. The molecule has 0 bridgehead atoms. The molecule has 5 nitrogen and oxygen atoms in total. The molecule has 2 aliphatic heterocycles. The maximum Gasteiger partial charge on any atom is 0.332 e. The van der Waals surface area contributed by atoms with Crippen molar-refractivity contribution in [3.05, 3.63) is 54.1 Å². The Bertz CT molecular complexity index is 894. The van der Waals surface area contributed by atoms with E-state index in [9.17, 15) is 14.9 Å². The lowest BCUT2D eigenvalue weighted by molar-refractivity contribution is -0.118. The summed E-state index contributed by atoms with van der Waals surface area (Å²) in [5, 5.41) is 10.7. The van der Waals surface area contributed by atoms with Crippen molar-refractivity contribution in [2.75, 3.05) is 11.4 Å². The molecule has 1 saturated heterocycles. The Morgan fingerprint density at radius 1 is 1.09 bits per heavy atom. The van der Waals surface area contributed by atoms with Crippen LogP contribution in [0.25, 0.3) is 10.8 Å². The van der Waals surface area contributed by atoms with Crippen LogP contribution in [-0.2, 0) is 4.79 Å². The molecule has 0 radical (unpaired) electrons. The summed E-state index contributed by atoms with van der Waals surface area (Å²) >= 11 is 0. The highest BCUT2D eigenvalue weighted by Crippen LogP contribution is 2.34. The van der Waals surface area contributed by atoms with Crippen LogP contribution in [0.15, 0.2) is 48.6 Å². The lowest BCUT2D eigenvalue weighted by atomic mass is 10.0. The quantitative estimate of drug-likeness (QED) is 0.598. The number of amides is 3. The van der Waals surface area contributed by atoms with Crippen LogP contribution in [0.2, 0.25) is 0 Å². The highest BCUT2D eigenvalue weighted by Gasteiger charge is 2.46. The van der Waals surface area contributed by atoms with Crippen molar-refractivity contribution < 1.29 is 9.59 Å². The minimum atomic E-state index is -0.498. The Hall–Kier alpha value is -3.13. The largest absolute Gasteiger partial charge is 0.332 e. The predicted molar refractivity (Wildman–Crippen MR) is 81.2 cm³/mol. The number of rotatable bonds is 1. The van der Waals surface area contributed by atoms with Crippen molar-refractivity contribution in [1.82, 2.24) is 4.90 Å². The van der Waals surface area contributed by atoms with Crippen LogP contribution in [0, 0.1) is 11.3 Å². The molecule has 1 fully saturated rings. The number of carbonyl (C=O) groups is 2. The van der Waals surface area contributed by atoms with Gasteiger partial charge in [-0.15, -0.1) is 0 Å². The van der Waals surface area contributed by atoms with E-state index in [1.807, 2.05) is 30.3 Å². The van der Waals surface area contributed by atoms with Gasteiger partial charge >= 0.3 is 6.03 Å². The van der Waals surface area contributed by atoms with Gasteiger partial charge in [-0.3, -0.25) is 4.79 Å². The van der Waals surface area contributed by atoms with Gasteiger partial charge in [0.05, 0.1) is 17.3 Å². The lowest BCUT2D eigenvalue weighted by Crippen LogP contribution is -2.33. The highest BCUT2D eigenvalue weighted by atomic mass is 16.2. The number of hydrogen-bond donors (Lipinski definition) is 0. The molecule has 0 N–H and O–H groups in total. The number of nitriles is 1. The molecule has 5 heteroatoms. The summed E-state index contributed by atoms with van der Waals surface area (Å²) in [6.07, 6.45) is 3.58. The Labute approximate surface area is 126 Å². The summed E-state index contributed by atoms with van der Waals surface area (Å²) < 4.78 is 0. The summed E-state index contributed by atoms with van der Waals surface area (Å²) in [5.41, 5.74) is 1.06. The summed E-state index contributed by atoms with van der Waals surface area (Å²) in [5.74, 6) is -0.242. The summed E-state index contributed by atoms with van der Waals surface area (Å²) in [6, 6.07) is 12.0. The van der Waals surface area contributed by atoms with E-state index in [-0.39, 0.29) is 11.9 Å². The molecule has 3 amide bonds. The Balaban J connectivity index is 1.93. The molecule has 22 heavy (non-hydrogen) atoms. The molecule has 4 rings (SSSR count). The first-order chi connectivity index (χ1) is 10.7. The summed E-state index contributed by atoms with van der Waals surface area (Å²) in [6.45, 7) is 0.458. The van der Waals surface area contributed by atoms with Crippen LogP contribution in [-0.4, -0.2) is 29.4 Å². The summed E-state index contributed by atoms with van der Waals surface area (Å²) in [7, 11) is 0. The van der Waals surface area contributed by atoms with Gasteiger partial charge in [0, 0.05) is 17.3 Å². The van der Waals surface area contributed by atoms with Gasteiger partial charge in [0.15, 0.2) is 0 Å². The second-order valence-corrected chi connectivity index (χ2v) is 5.27. The summed E-state index contributed by atoms with van der Waals surface area (Å²) in [4.78, 5) is 27.8. The normalized spacial score (nSPS) is 19.9. The van der Waals surface area contributed by atoms with Crippen molar-refractivity contribution in [3.63, 3.8) is 0 Å². The van der Waals surface area contributed by atoms with E-state index in [0.717, 1.165) is 10.8 Å². The first-order valence-corrected chi connectivity index (χ1v) is 6.95. The molecule has 0 aromatic heterocycles. The number of benzene rings is 2. The SMILES string of the molecule is N#Cc1ccc(N2C(=O)C3C=CCN3C2=O)c2ccccc12. The smallest absolute Gasteiger partial charge is 0.305 e. The predicted octanol–water partition coefficient (Wildman–Crippen LogP) is 2.42. The fourth-order valence-corrected chi connectivity index (χ4v) is 3.09. The van der Waals surface area contributed by atoms with Gasteiger partial charge in [0.1, 0.15) is 6.04 Å². The Morgan fingerprint density at radius 3 is 2.59 bits per heavy atom. The number of anilines is 1. The number of nitrogens with zero attached hydrogens (tertiary/aromatic N) is 3. The van der Waals surface area contributed by atoms with Crippen LogP contribution in [0.1, 0.15) is 5.56 Å². The molecule has 2 heterocycles. The zero-order valence-electron chi connectivity index (χ0n) is 11.6. The van der Waals surface area contributed by atoms with Crippen molar-refractivity contribution in [3.8, 4) is 6.07 Å². The van der Waals surface area contributed by atoms with E-state index in [4.69, 9.17) is 0 Å². The molecule has 1 atom stereocenters. The molecular weight excluding hydrogens is 278 g/mol. The van der Waals surface area contributed by atoms with Gasteiger partial charge in [-0.2, -0.15) is 5.26 Å². The molecule has 2 aromatic carbocycles. The minimum absolute atomic E-state index is 0.242. The molecule has 0 spiro atoms. The van der Waals surface area contributed by atoms with Gasteiger partial charge in [-0.05, 0) is 12.1 Å². The van der Waals surface area contributed by atoms with Crippen LogP contribution in [0.3, 0.4) is 0 Å². The minimum Gasteiger partial charge on any atom is -0.305 e. The maximum atomic E-state index is 12.5. The van der Waals surface area contributed by atoms with Gasteiger partial charge < -0.3 is 4.90 Å².